The molecule has 2 heterocycles. The Bertz CT molecular complexity index is 427. The molecular weight excluding hydrogens is 232 g/mol. The Kier molecular flexibility index (Phi) is 3.40. The molecule has 2 fully saturated rings. The lowest BCUT2D eigenvalue weighted by Gasteiger charge is -2.42. The van der Waals surface area contributed by atoms with Crippen LogP contribution in [0.15, 0.2) is 24.3 Å². The predicted molar refractivity (Wildman–Crippen MR) is 80.5 cm³/mol. The van der Waals surface area contributed by atoms with Crippen LogP contribution < -0.4 is 5.32 Å². The summed E-state index contributed by atoms with van der Waals surface area (Å²) in [5.41, 5.74) is 3.38. The summed E-state index contributed by atoms with van der Waals surface area (Å²) in [4.78, 5) is 2.55. The van der Waals surface area contributed by atoms with Crippen LogP contribution in [0, 0.1) is 12.3 Å². The highest BCUT2D eigenvalue weighted by Gasteiger charge is 2.47. The number of piperidine rings is 1. The molecule has 1 spiro atoms. The number of hydrogen-bond donors (Lipinski definition) is 1. The number of aryl methyl sites for hydroxylation is 1. The zero-order valence-corrected chi connectivity index (χ0v) is 12.4. The van der Waals surface area contributed by atoms with Gasteiger partial charge in [-0.1, -0.05) is 29.8 Å². The van der Waals surface area contributed by atoms with Gasteiger partial charge < -0.3 is 10.2 Å². The van der Waals surface area contributed by atoms with Crippen LogP contribution in [0.4, 0.5) is 0 Å². The minimum absolute atomic E-state index is 0.495. The van der Waals surface area contributed by atoms with Gasteiger partial charge >= 0.3 is 0 Å². The van der Waals surface area contributed by atoms with Crippen molar-refractivity contribution >= 4 is 0 Å². The molecule has 1 aromatic rings. The number of nitrogens with zero attached hydrogens (tertiary/aromatic N) is 1. The van der Waals surface area contributed by atoms with Crippen molar-refractivity contribution in [3.8, 4) is 0 Å². The van der Waals surface area contributed by atoms with Crippen molar-refractivity contribution in [2.45, 2.75) is 38.6 Å². The van der Waals surface area contributed by atoms with E-state index in [0.717, 1.165) is 12.6 Å². The van der Waals surface area contributed by atoms with E-state index in [1.54, 1.807) is 0 Å². The van der Waals surface area contributed by atoms with E-state index >= 15 is 0 Å². The summed E-state index contributed by atoms with van der Waals surface area (Å²) in [6.07, 6.45) is 2.67. The minimum atomic E-state index is 0.495. The van der Waals surface area contributed by atoms with Crippen molar-refractivity contribution in [2.75, 3.05) is 26.7 Å². The van der Waals surface area contributed by atoms with Crippen LogP contribution in [0.25, 0.3) is 0 Å². The van der Waals surface area contributed by atoms with E-state index in [9.17, 15) is 0 Å². The molecule has 104 valence electrons. The molecule has 2 nitrogen and oxygen atoms in total. The van der Waals surface area contributed by atoms with Gasteiger partial charge in [-0.05, 0) is 51.3 Å². The Balaban J connectivity index is 1.91. The first-order valence-corrected chi connectivity index (χ1v) is 7.58. The smallest absolute Gasteiger partial charge is 0.00701 e. The Morgan fingerprint density at radius 3 is 2.63 bits per heavy atom. The van der Waals surface area contributed by atoms with Crippen molar-refractivity contribution in [3.05, 3.63) is 35.4 Å². The first-order valence-electron chi connectivity index (χ1n) is 7.58. The zero-order valence-electron chi connectivity index (χ0n) is 12.4. The van der Waals surface area contributed by atoms with Crippen molar-refractivity contribution < 1.29 is 0 Å². The summed E-state index contributed by atoms with van der Waals surface area (Å²) in [6.45, 7) is 8.13. The van der Waals surface area contributed by atoms with Crippen LogP contribution in [-0.2, 0) is 0 Å². The van der Waals surface area contributed by atoms with E-state index < -0.39 is 0 Å². The van der Waals surface area contributed by atoms with Gasteiger partial charge in [0.1, 0.15) is 0 Å². The summed E-state index contributed by atoms with van der Waals surface area (Å²) < 4.78 is 0. The van der Waals surface area contributed by atoms with Gasteiger partial charge in [0.25, 0.3) is 0 Å². The summed E-state index contributed by atoms with van der Waals surface area (Å²) in [7, 11) is 2.29. The molecule has 0 saturated carbocycles. The van der Waals surface area contributed by atoms with Gasteiger partial charge in [-0.2, -0.15) is 0 Å². The highest BCUT2D eigenvalue weighted by atomic mass is 15.2. The molecule has 0 bridgehead atoms. The molecule has 3 atom stereocenters. The second-order valence-electron chi connectivity index (χ2n) is 6.75. The van der Waals surface area contributed by atoms with Crippen molar-refractivity contribution in [3.63, 3.8) is 0 Å². The zero-order chi connectivity index (χ0) is 13.5. The fraction of sp³-hybridized carbons (Fsp3) is 0.647. The lowest BCUT2D eigenvalue weighted by molar-refractivity contribution is 0.170. The molecule has 3 unspecified atom stereocenters. The summed E-state index contributed by atoms with van der Waals surface area (Å²) in [5, 5.41) is 3.61. The van der Waals surface area contributed by atoms with E-state index in [-0.39, 0.29) is 0 Å². The molecule has 0 aliphatic carbocycles. The van der Waals surface area contributed by atoms with Gasteiger partial charge in [0, 0.05) is 25.0 Å². The third-order valence-electron chi connectivity index (χ3n) is 5.39. The lowest BCUT2D eigenvalue weighted by atomic mass is 9.66. The molecule has 2 heteroatoms. The molecule has 0 aromatic heterocycles. The van der Waals surface area contributed by atoms with Crippen LogP contribution in [0.5, 0.6) is 0 Å². The second kappa shape index (κ2) is 4.92. The lowest BCUT2D eigenvalue weighted by Crippen LogP contribution is -2.45. The van der Waals surface area contributed by atoms with E-state index in [1.165, 1.54) is 37.1 Å². The number of benzene rings is 1. The molecule has 1 N–H and O–H groups in total. The Morgan fingerprint density at radius 2 is 2.00 bits per heavy atom. The SMILES string of the molecule is Cc1ccc(C2CNCCC23CC(C)N(C)C3)cc1. The maximum atomic E-state index is 3.61. The van der Waals surface area contributed by atoms with Gasteiger partial charge in [-0.15, -0.1) is 0 Å². The largest absolute Gasteiger partial charge is 0.316 e. The van der Waals surface area contributed by atoms with Crippen LogP contribution in [0.2, 0.25) is 0 Å². The number of likely N-dealkylation sites (tertiary alicyclic amines) is 1. The van der Waals surface area contributed by atoms with E-state index in [2.05, 4.69) is 55.4 Å². The normalized spacial score (nSPS) is 35.9. The summed E-state index contributed by atoms with van der Waals surface area (Å²) >= 11 is 0. The third-order valence-corrected chi connectivity index (χ3v) is 5.39. The molecule has 3 rings (SSSR count). The number of nitrogens with one attached hydrogen (secondary N) is 1. The van der Waals surface area contributed by atoms with Crippen LogP contribution >= 0.6 is 0 Å². The predicted octanol–water partition coefficient (Wildman–Crippen LogP) is 2.78. The average Bonchev–Trinajstić information content (AvgIpc) is 2.67. The van der Waals surface area contributed by atoms with Crippen LogP contribution in [0.3, 0.4) is 0 Å². The third kappa shape index (κ3) is 2.32. The Hall–Kier alpha value is -0.860. The molecule has 0 amide bonds. The van der Waals surface area contributed by atoms with Crippen molar-refractivity contribution in [1.29, 1.82) is 0 Å². The standard InChI is InChI=1S/C17H26N2/c1-13-4-6-15(7-5-13)16-11-18-9-8-17(16)10-14(2)19(3)12-17/h4-7,14,16,18H,8-12H2,1-3H3. The monoisotopic (exact) mass is 258 g/mol. The average molecular weight is 258 g/mol. The Labute approximate surface area is 117 Å². The Morgan fingerprint density at radius 1 is 1.26 bits per heavy atom. The van der Waals surface area contributed by atoms with E-state index in [4.69, 9.17) is 0 Å². The van der Waals surface area contributed by atoms with E-state index in [1.807, 2.05) is 0 Å². The molecule has 19 heavy (non-hydrogen) atoms. The first-order chi connectivity index (χ1) is 9.11. The maximum Gasteiger partial charge on any atom is 0.00701 e. The quantitative estimate of drug-likeness (QED) is 0.833. The number of rotatable bonds is 1. The van der Waals surface area contributed by atoms with Gasteiger partial charge in [-0.25, -0.2) is 0 Å². The van der Waals surface area contributed by atoms with Gasteiger partial charge in [0.15, 0.2) is 0 Å². The van der Waals surface area contributed by atoms with Crippen LogP contribution in [-0.4, -0.2) is 37.6 Å². The van der Waals surface area contributed by atoms with Gasteiger partial charge in [-0.3, -0.25) is 0 Å². The fourth-order valence-corrected chi connectivity index (χ4v) is 4.14. The highest BCUT2D eigenvalue weighted by Crippen LogP contribution is 2.49. The summed E-state index contributed by atoms with van der Waals surface area (Å²) in [5.74, 6) is 0.675. The second-order valence-corrected chi connectivity index (χ2v) is 6.75. The van der Waals surface area contributed by atoms with Crippen molar-refractivity contribution in [2.24, 2.45) is 5.41 Å². The first kappa shape index (κ1) is 13.1. The molecular formula is C17H26N2. The van der Waals surface area contributed by atoms with Crippen molar-refractivity contribution in [1.82, 2.24) is 10.2 Å². The van der Waals surface area contributed by atoms with Crippen LogP contribution in [0.1, 0.15) is 36.8 Å². The maximum absolute atomic E-state index is 3.61. The fourth-order valence-electron chi connectivity index (χ4n) is 4.14. The van der Waals surface area contributed by atoms with E-state index in [0.29, 0.717) is 11.3 Å². The van der Waals surface area contributed by atoms with Gasteiger partial charge in [0.05, 0.1) is 0 Å². The summed E-state index contributed by atoms with van der Waals surface area (Å²) in [6, 6.07) is 9.95. The highest BCUT2D eigenvalue weighted by molar-refractivity contribution is 5.28. The molecule has 1 aromatic carbocycles. The topological polar surface area (TPSA) is 15.3 Å². The molecule has 0 radical (unpaired) electrons. The molecule has 2 aliphatic heterocycles. The molecule has 2 aliphatic rings. The number of hydrogen-bond acceptors (Lipinski definition) is 2. The van der Waals surface area contributed by atoms with Gasteiger partial charge in [0.2, 0.25) is 0 Å². The molecule has 2 saturated heterocycles. The minimum Gasteiger partial charge on any atom is -0.316 e.